The summed E-state index contributed by atoms with van der Waals surface area (Å²) in [6.45, 7) is 13.5. The Kier molecular flexibility index (Phi) is 15.2. The monoisotopic (exact) mass is 530 g/mol. The number of alkyl halides is 3. The van der Waals surface area contributed by atoms with Crippen LogP contribution >= 0.6 is 0 Å². The summed E-state index contributed by atoms with van der Waals surface area (Å²) in [5.74, 6) is 3.70. The molecule has 1 fully saturated rings. The van der Waals surface area contributed by atoms with E-state index in [1.807, 2.05) is 67.4 Å². The van der Waals surface area contributed by atoms with E-state index in [1.54, 1.807) is 7.11 Å². The Hall–Kier alpha value is -3.01. The third-order valence-electron chi connectivity index (χ3n) is 4.92. The second-order valence-electron chi connectivity index (χ2n) is 6.74. The molecule has 0 amide bonds. The molecule has 36 heavy (non-hydrogen) atoms. The smallest absolute Gasteiger partial charge is 0 e. The minimum atomic E-state index is -4.34. The van der Waals surface area contributed by atoms with Gasteiger partial charge in [-0.2, -0.15) is 13.2 Å². The maximum absolute atomic E-state index is 12.9. The molecule has 0 N–H and O–H groups in total. The number of benzene rings is 3. The third-order valence-corrected chi connectivity index (χ3v) is 4.92. The van der Waals surface area contributed by atoms with Crippen molar-refractivity contribution in [1.82, 2.24) is 0 Å². The summed E-state index contributed by atoms with van der Waals surface area (Å²) in [5, 5.41) is 0. The molecule has 0 spiro atoms. The van der Waals surface area contributed by atoms with Gasteiger partial charge in [-0.1, -0.05) is 54.6 Å². The first-order valence-electron chi connectivity index (χ1n) is 9.75. The predicted molar refractivity (Wildman–Crippen MR) is 118 cm³/mol. The largest absolute Gasteiger partial charge is 0 e. The topological polar surface area (TPSA) is 68.9 Å². The van der Waals surface area contributed by atoms with Gasteiger partial charge in [0.1, 0.15) is 5.75 Å². The first-order valence-corrected chi connectivity index (χ1v) is 9.75. The zero-order valence-electron chi connectivity index (χ0n) is 18.8. The Morgan fingerprint density at radius 1 is 0.611 bits per heavy atom. The SMILES string of the molecule is COc1ccc([C]2[CH][C](c3ccc(C(F)(F)F)cc3)[CH][C]2c2ccccc2)cc1.[C-]#[O+].[C-]#[O+].[C-]#[O+].[Mn]. The van der Waals surface area contributed by atoms with E-state index in [4.69, 9.17) is 18.7 Å². The molecule has 1 aliphatic rings. The van der Waals surface area contributed by atoms with Crippen molar-refractivity contribution in [2.45, 2.75) is 6.18 Å². The Morgan fingerprint density at radius 2 is 1.03 bits per heavy atom. The fourth-order valence-corrected chi connectivity index (χ4v) is 3.39. The molecule has 182 valence electrons. The predicted octanol–water partition coefficient (Wildman–Crippen LogP) is 6.19. The van der Waals surface area contributed by atoms with Gasteiger partial charge in [0.15, 0.2) is 0 Å². The number of halogens is 3. The molecule has 1 aliphatic carbocycles. The Morgan fingerprint density at radius 3 is 1.44 bits per heavy atom. The number of hydrogen-bond donors (Lipinski definition) is 0. The third kappa shape index (κ3) is 8.58. The van der Waals surface area contributed by atoms with Crippen LogP contribution < -0.4 is 4.74 Å². The summed E-state index contributed by atoms with van der Waals surface area (Å²) < 4.78 is 66.4. The average Bonchev–Trinajstić information content (AvgIpc) is 3.38. The quantitative estimate of drug-likeness (QED) is 0.225. The second-order valence-corrected chi connectivity index (χ2v) is 6.74. The van der Waals surface area contributed by atoms with E-state index in [-0.39, 0.29) is 17.1 Å². The van der Waals surface area contributed by atoms with Gasteiger partial charge in [-0.25, -0.2) is 0 Å². The van der Waals surface area contributed by atoms with Crippen LogP contribution in [0, 0.1) is 50.5 Å². The van der Waals surface area contributed by atoms with E-state index in [0.717, 1.165) is 52.3 Å². The fourth-order valence-electron chi connectivity index (χ4n) is 3.39. The van der Waals surface area contributed by atoms with E-state index >= 15 is 0 Å². The standard InChI is InChI=1S/C25H18F3O.3CO.Mn/c1-29-22-13-9-19(10-14-22)24-16-20(15-23(24)18-5-3-2-4-6-18)17-7-11-21(12-8-17)25(26,27)28;3*1-2;/h2-16H,1H3;;;;. The molecule has 0 unspecified atom stereocenters. The molecule has 3 aromatic rings. The molecule has 0 heterocycles. The summed E-state index contributed by atoms with van der Waals surface area (Å²) >= 11 is 0. The number of methoxy groups -OCH3 is 1. The molecule has 0 aromatic heterocycles. The van der Waals surface area contributed by atoms with E-state index in [2.05, 4.69) is 20.0 Å². The summed E-state index contributed by atoms with van der Waals surface area (Å²) in [6, 6.07) is 23.0. The van der Waals surface area contributed by atoms with Crippen molar-refractivity contribution >= 4 is 0 Å². The van der Waals surface area contributed by atoms with Crippen molar-refractivity contribution in [2.24, 2.45) is 0 Å². The summed E-state index contributed by atoms with van der Waals surface area (Å²) in [6.07, 6.45) is -0.293. The van der Waals surface area contributed by atoms with Crippen LogP contribution in [0.3, 0.4) is 0 Å². The molecule has 3 aromatic carbocycles. The molecule has 8 heteroatoms. The van der Waals surface area contributed by atoms with Crippen molar-refractivity contribution in [3.05, 3.63) is 152 Å². The first kappa shape index (κ1) is 33.0. The van der Waals surface area contributed by atoms with Crippen molar-refractivity contribution in [3.8, 4) is 5.75 Å². The Labute approximate surface area is 219 Å². The molecule has 6 radical (unpaired) electrons. The molecule has 0 aliphatic heterocycles. The van der Waals surface area contributed by atoms with Crippen molar-refractivity contribution in [2.75, 3.05) is 7.11 Å². The van der Waals surface area contributed by atoms with Crippen molar-refractivity contribution < 1.29 is 48.9 Å². The molecular weight excluding hydrogens is 512 g/mol. The van der Waals surface area contributed by atoms with Crippen LogP contribution in [0.1, 0.15) is 22.3 Å². The first-order chi connectivity index (χ1) is 17.0. The summed E-state index contributed by atoms with van der Waals surface area (Å²) in [7, 11) is 1.62. The van der Waals surface area contributed by atoms with Crippen molar-refractivity contribution in [3.63, 3.8) is 0 Å². The molecule has 4 rings (SSSR count). The average molecular weight is 530 g/mol. The van der Waals surface area contributed by atoms with Crippen LogP contribution in [0.5, 0.6) is 5.75 Å². The van der Waals surface area contributed by atoms with E-state index < -0.39 is 11.7 Å². The summed E-state index contributed by atoms with van der Waals surface area (Å²) in [5.41, 5.74) is 2.17. The number of ether oxygens (including phenoxy) is 1. The second kappa shape index (κ2) is 16.6. The molecular formula is C28H18F3MnO4. The van der Waals surface area contributed by atoms with E-state index in [0.29, 0.717) is 0 Å². The van der Waals surface area contributed by atoms with Crippen molar-refractivity contribution in [1.29, 1.82) is 0 Å². The van der Waals surface area contributed by atoms with Gasteiger partial charge in [0.05, 0.1) is 12.7 Å². The zero-order chi connectivity index (χ0) is 26.4. The zero-order valence-corrected chi connectivity index (χ0v) is 20.0. The fraction of sp³-hybridized carbons (Fsp3) is 0.0714. The van der Waals surface area contributed by atoms with Gasteiger partial charge in [-0.05, 0) is 53.8 Å². The maximum atomic E-state index is 12.9. The normalized spacial score (nSPS) is 13.3. The maximum Gasteiger partial charge on any atom is 0 e. The molecule has 4 nitrogen and oxygen atoms in total. The van der Waals surface area contributed by atoms with Crippen LogP contribution in [0.2, 0.25) is 0 Å². The van der Waals surface area contributed by atoms with Crippen LogP contribution in [0.25, 0.3) is 0 Å². The molecule has 0 atom stereocenters. The Bertz CT molecular complexity index is 1060. The minimum absolute atomic E-state index is 0. The molecule has 0 bridgehead atoms. The van der Waals surface area contributed by atoms with Crippen LogP contribution in [0.4, 0.5) is 13.2 Å². The number of rotatable bonds is 4. The van der Waals surface area contributed by atoms with Gasteiger partial charge >= 0.3 is 40.1 Å². The Balaban J connectivity index is 0.00000163. The van der Waals surface area contributed by atoms with E-state index in [1.165, 1.54) is 12.1 Å². The van der Waals surface area contributed by atoms with Gasteiger partial charge in [-0.3, -0.25) is 0 Å². The molecule has 1 saturated carbocycles. The summed E-state index contributed by atoms with van der Waals surface area (Å²) in [4.78, 5) is 0. The minimum Gasteiger partial charge on any atom is 0 e. The van der Waals surface area contributed by atoms with Crippen LogP contribution in [-0.4, -0.2) is 7.11 Å². The van der Waals surface area contributed by atoms with Crippen LogP contribution in [-0.2, 0) is 37.2 Å². The number of hydrogen-bond acceptors (Lipinski definition) is 1. The van der Waals surface area contributed by atoms with Gasteiger partial charge in [0.2, 0.25) is 0 Å². The van der Waals surface area contributed by atoms with E-state index in [9.17, 15) is 13.2 Å². The van der Waals surface area contributed by atoms with Gasteiger partial charge < -0.3 is 4.74 Å². The molecule has 0 saturated heterocycles. The van der Waals surface area contributed by atoms with Crippen LogP contribution in [0.15, 0.2) is 78.9 Å². The van der Waals surface area contributed by atoms with Gasteiger partial charge in [0.25, 0.3) is 0 Å². The van der Waals surface area contributed by atoms with Gasteiger partial charge in [0, 0.05) is 34.8 Å². The van der Waals surface area contributed by atoms with Gasteiger partial charge in [-0.15, -0.1) is 0 Å².